The fraction of sp³-hybridized carbons (Fsp3) is 0. The fourth-order valence-electron chi connectivity index (χ4n) is 0.603. The molecular formula is C6H9BiN3O2+3. The predicted octanol–water partition coefficient (Wildman–Crippen LogP) is 1.77. The predicted molar refractivity (Wildman–Crippen MR) is 47.3 cm³/mol. The summed E-state index contributed by atoms with van der Waals surface area (Å²) >= 11 is 0. The van der Waals surface area contributed by atoms with Crippen molar-refractivity contribution in [3.63, 3.8) is 0 Å². The van der Waals surface area contributed by atoms with Gasteiger partial charge in [0.1, 0.15) is 0 Å². The Morgan fingerprint density at radius 2 is 1.67 bits per heavy atom. The van der Waals surface area contributed by atoms with Gasteiger partial charge in [0.15, 0.2) is 0 Å². The van der Waals surface area contributed by atoms with Crippen LogP contribution in [0.15, 0.2) is 35.6 Å². The van der Waals surface area contributed by atoms with E-state index in [1.54, 1.807) is 18.2 Å². The first-order valence-electron chi connectivity index (χ1n) is 2.70. The van der Waals surface area contributed by atoms with E-state index in [2.05, 4.69) is 5.28 Å². The monoisotopic (exact) mass is 364 g/mol. The molecular weight excluding hydrogens is 355 g/mol. The van der Waals surface area contributed by atoms with Crippen LogP contribution in [-0.2, 0) is 0 Å². The molecule has 0 aliphatic heterocycles. The van der Waals surface area contributed by atoms with E-state index in [0.29, 0.717) is 0 Å². The number of nitrogens with zero attached hydrogens (tertiary/aromatic N) is 2. The van der Waals surface area contributed by atoms with Crippen LogP contribution >= 0.6 is 0 Å². The zero-order valence-electron chi connectivity index (χ0n) is 6.54. The van der Waals surface area contributed by atoms with Crippen LogP contribution in [0.25, 0.3) is 0 Å². The number of quaternary nitrogens is 1. The zero-order valence-corrected chi connectivity index (χ0v) is 10.0. The van der Waals surface area contributed by atoms with Crippen molar-refractivity contribution < 1.29 is 4.86 Å². The van der Waals surface area contributed by atoms with Gasteiger partial charge in [0.25, 0.3) is 0 Å². The summed E-state index contributed by atoms with van der Waals surface area (Å²) in [6.07, 6.45) is 0. The first kappa shape index (κ1) is 13.8. The number of para-hydroxylation sites is 1. The van der Waals surface area contributed by atoms with Crippen molar-refractivity contribution in [2.24, 2.45) is 5.28 Å². The van der Waals surface area contributed by atoms with Gasteiger partial charge in [-0.3, -0.25) is 0 Å². The summed E-state index contributed by atoms with van der Waals surface area (Å²) in [5.74, 6) is 0. The van der Waals surface area contributed by atoms with E-state index in [9.17, 15) is 10.4 Å². The van der Waals surface area contributed by atoms with Crippen LogP contribution in [0.1, 0.15) is 0 Å². The van der Waals surface area contributed by atoms with Crippen molar-refractivity contribution in [3.05, 3.63) is 40.7 Å². The van der Waals surface area contributed by atoms with E-state index in [0.717, 1.165) is 0 Å². The minimum Gasteiger partial charge on any atom is -0.739 e. The molecule has 0 aliphatic carbocycles. The summed E-state index contributed by atoms with van der Waals surface area (Å²) in [6, 6.07) is 8.09. The standard InChI is InChI=1S/C6H6N2O2.Bi.H3N/c9-7-8(10)6-4-2-1-3-5-6;;/h1-5,9H;;1H3/q;+3;/b8-7-;;. The Hall–Kier alpha value is -0.737. The number of hydrogen-bond acceptors (Lipinski definition) is 3. The van der Waals surface area contributed by atoms with Crippen LogP contribution in [0.2, 0.25) is 0 Å². The fourth-order valence-corrected chi connectivity index (χ4v) is 0.603. The summed E-state index contributed by atoms with van der Waals surface area (Å²) < 4.78 is 0. The third kappa shape index (κ3) is 3.60. The molecule has 0 bridgehead atoms. The van der Waals surface area contributed by atoms with Gasteiger partial charge in [0.2, 0.25) is 5.69 Å². The van der Waals surface area contributed by atoms with Crippen molar-refractivity contribution in [3.8, 4) is 0 Å². The Kier molecular flexibility index (Phi) is 8.00. The number of hydrogen-bond donors (Lipinski definition) is 1. The maximum Gasteiger partial charge on any atom is 3.00 e. The van der Waals surface area contributed by atoms with E-state index in [1.807, 2.05) is 0 Å². The Balaban J connectivity index is 0. The molecule has 1 aromatic carbocycles. The van der Waals surface area contributed by atoms with Crippen molar-refractivity contribution >= 4 is 31.9 Å². The maximum absolute atomic E-state index is 10.5. The van der Waals surface area contributed by atoms with Gasteiger partial charge < -0.3 is 16.6 Å². The molecule has 0 aromatic heterocycles. The van der Waals surface area contributed by atoms with E-state index in [1.165, 1.54) is 12.1 Å². The molecule has 6 heteroatoms. The van der Waals surface area contributed by atoms with E-state index in [-0.39, 0.29) is 42.9 Å². The molecule has 0 unspecified atom stereocenters. The maximum atomic E-state index is 10.5. The molecule has 5 nitrogen and oxygen atoms in total. The van der Waals surface area contributed by atoms with Crippen LogP contribution < -0.4 is 6.15 Å². The molecule has 0 fully saturated rings. The molecule has 4 N–H and O–H groups in total. The molecule has 1 rings (SSSR count). The van der Waals surface area contributed by atoms with Gasteiger partial charge in [-0.1, -0.05) is 23.1 Å². The Bertz CT molecular complexity index is 240. The van der Waals surface area contributed by atoms with Crippen molar-refractivity contribution in [2.75, 3.05) is 0 Å². The summed E-state index contributed by atoms with van der Waals surface area (Å²) in [7, 11) is 0. The third-order valence-electron chi connectivity index (χ3n) is 1.05. The second-order valence-corrected chi connectivity index (χ2v) is 1.69. The van der Waals surface area contributed by atoms with Crippen LogP contribution in [0.5, 0.6) is 0 Å². The topological polar surface area (TPSA) is 98.0 Å². The van der Waals surface area contributed by atoms with Gasteiger partial charge >= 0.3 is 26.2 Å². The molecule has 0 aliphatic rings. The van der Waals surface area contributed by atoms with Gasteiger partial charge in [0.05, 0.1) is 0 Å². The minimum absolute atomic E-state index is 0. The van der Waals surface area contributed by atoms with Gasteiger partial charge in [0, 0.05) is 12.1 Å². The van der Waals surface area contributed by atoms with Crippen LogP contribution in [-0.4, -0.2) is 31.1 Å². The SMILES string of the molecule is [Bi+3].[NH4+].[O-]/N=[N+](\[O-])c1ccccc1. The molecule has 0 spiro atoms. The quantitative estimate of drug-likeness (QED) is 0.356. The Morgan fingerprint density at radius 1 is 1.17 bits per heavy atom. The molecule has 0 amide bonds. The number of benzene rings is 1. The summed E-state index contributed by atoms with van der Waals surface area (Å²) in [5, 5.41) is 22.3. The van der Waals surface area contributed by atoms with Crippen molar-refractivity contribution in [2.45, 2.75) is 0 Å². The van der Waals surface area contributed by atoms with E-state index in [4.69, 9.17) is 0 Å². The molecule has 2 radical (unpaired) electrons. The van der Waals surface area contributed by atoms with Gasteiger partial charge in [-0.25, -0.2) is 0 Å². The van der Waals surface area contributed by atoms with E-state index < -0.39 is 0 Å². The second-order valence-electron chi connectivity index (χ2n) is 1.69. The van der Waals surface area contributed by atoms with Gasteiger partial charge in [-0.2, -0.15) is 0 Å². The third-order valence-corrected chi connectivity index (χ3v) is 1.05. The van der Waals surface area contributed by atoms with Crippen LogP contribution in [0.3, 0.4) is 0 Å². The zero-order chi connectivity index (χ0) is 7.40. The van der Waals surface area contributed by atoms with Gasteiger partial charge in [-0.05, 0) is 5.28 Å². The smallest absolute Gasteiger partial charge is 0.739 e. The van der Waals surface area contributed by atoms with Crippen LogP contribution in [0, 0.1) is 10.4 Å². The van der Waals surface area contributed by atoms with Crippen molar-refractivity contribution in [1.82, 2.24) is 6.15 Å². The molecule has 12 heavy (non-hydrogen) atoms. The summed E-state index contributed by atoms with van der Waals surface area (Å²) in [6.45, 7) is 0. The van der Waals surface area contributed by atoms with Gasteiger partial charge in [-0.15, -0.1) is 0 Å². The molecule has 0 saturated heterocycles. The number of rotatable bonds is 1. The normalized spacial score (nSPS) is 9.50. The average Bonchev–Trinajstić information content (AvgIpc) is 2.05. The first-order chi connectivity index (χ1) is 4.84. The van der Waals surface area contributed by atoms with Crippen molar-refractivity contribution in [1.29, 1.82) is 0 Å². The molecule has 62 valence electrons. The Labute approximate surface area is 89.0 Å². The molecule has 1 aromatic rings. The minimum atomic E-state index is 0. The Morgan fingerprint density at radius 3 is 2.08 bits per heavy atom. The average molecular weight is 364 g/mol. The van der Waals surface area contributed by atoms with Crippen LogP contribution in [0.4, 0.5) is 5.69 Å². The first-order valence-corrected chi connectivity index (χ1v) is 2.70. The summed E-state index contributed by atoms with van der Waals surface area (Å²) in [4.78, 5) is 0.0278. The second kappa shape index (κ2) is 6.94. The molecule has 0 heterocycles. The largest absolute Gasteiger partial charge is 3.00 e. The molecule has 0 saturated carbocycles. The van der Waals surface area contributed by atoms with E-state index >= 15 is 0 Å². The summed E-state index contributed by atoms with van der Waals surface area (Å²) in [5.41, 5.74) is 0.248. The molecule has 0 atom stereocenters.